The van der Waals surface area contributed by atoms with E-state index < -0.39 is 102 Å². The highest BCUT2D eigenvalue weighted by Crippen LogP contribution is 2.52. The van der Waals surface area contributed by atoms with E-state index in [4.69, 9.17) is 24.7 Å². The summed E-state index contributed by atoms with van der Waals surface area (Å²) in [7, 11) is 1.33. The summed E-state index contributed by atoms with van der Waals surface area (Å²) in [4.78, 5) is 53.5. The molecule has 0 saturated carbocycles. The Balaban J connectivity index is 1.51. The van der Waals surface area contributed by atoms with Gasteiger partial charge in [-0.25, -0.2) is 0 Å². The van der Waals surface area contributed by atoms with Crippen LogP contribution in [-0.4, -0.2) is 87.6 Å². The second kappa shape index (κ2) is 14.3. The largest absolute Gasteiger partial charge is 0.507 e. The molecule has 0 radical (unpaired) electrons. The SMILES string of the molecule is CCCCCCCC(=O)OCC(=O)[C@]1(O)Cc2c(O)c3c(c(O)c2[C@H](O[C@@H]2C[C@H](N)[C@H](O)[C@H](C)O2)C1)C(=O)c1c(OC)cccc1C3=O. The topological polar surface area (TPSA) is 212 Å². The molecule has 3 aliphatic rings. The lowest BCUT2D eigenvalue weighted by Crippen LogP contribution is -2.53. The van der Waals surface area contributed by atoms with Crippen molar-refractivity contribution < 1.29 is 58.6 Å². The molecule has 6 N–H and O–H groups in total. The molecule has 48 heavy (non-hydrogen) atoms. The van der Waals surface area contributed by atoms with E-state index in [1.54, 1.807) is 6.92 Å². The number of rotatable bonds is 12. The Morgan fingerprint density at radius 1 is 1.04 bits per heavy atom. The lowest BCUT2D eigenvalue weighted by atomic mass is 9.72. The van der Waals surface area contributed by atoms with E-state index in [0.29, 0.717) is 6.42 Å². The van der Waals surface area contributed by atoms with Crippen LogP contribution in [0.1, 0.15) is 114 Å². The van der Waals surface area contributed by atoms with Crippen molar-refractivity contribution in [2.75, 3.05) is 13.7 Å². The number of unbranched alkanes of at least 4 members (excludes halogenated alkanes) is 4. The maximum atomic E-state index is 13.9. The van der Waals surface area contributed by atoms with Crippen molar-refractivity contribution in [1.29, 1.82) is 0 Å². The number of aliphatic hydroxyl groups excluding tert-OH is 1. The van der Waals surface area contributed by atoms with Gasteiger partial charge in [-0.1, -0.05) is 44.7 Å². The molecule has 6 atom stereocenters. The van der Waals surface area contributed by atoms with Gasteiger partial charge in [0.25, 0.3) is 0 Å². The van der Waals surface area contributed by atoms with Crippen molar-refractivity contribution in [3.8, 4) is 17.2 Å². The molecule has 5 rings (SSSR count). The molecule has 2 aromatic carbocycles. The average Bonchev–Trinajstić information content (AvgIpc) is 3.05. The van der Waals surface area contributed by atoms with Crippen molar-refractivity contribution in [2.24, 2.45) is 5.73 Å². The van der Waals surface area contributed by atoms with E-state index in [-0.39, 0.29) is 40.8 Å². The molecule has 260 valence electrons. The van der Waals surface area contributed by atoms with Crippen LogP contribution in [0.5, 0.6) is 17.2 Å². The molecule has 1 fully saturated rings. The van der Waals surface area contributed by atoms with Gasteiger partial charge in [0.05, 0.1) is 42.1 Å². The fraction of sp³-hybridized carbons (Fsp3) is 0.543. The number of ether oxygens (including phenoxy) is 4. The van der Waals surface area contributed by atoms with E-state index in [2.05, 4.69) is 6.92 Å². The Morgan fingerprint density at radius 2 is 1.75 bits per heavy atom. The van der Waals surface area contributed by atoms with Gasteiger partial charge in [-0.05, 0) is 19.4 Å². The number of methoxy groups -OCH3 is 1. The van der Waals surface area contributed by atoms with Crippen LogP contribution in [0.25, 0.3) is 0 Å². The minimum absolute atomic E-state index is 0.000735. The Hall–Kier alpha value is -3.88. The molecule has 13 heteroatoms. The normalized spacial score (nSPS) is 26.3. The average molecular weight is 670 g/mol. The molecular weight excluding hydrogens is 626 g/mol. The molecule has 0 unspecified atom stereocenters. The second-order valence-corrected chi connectivity index (χ2v) is 12.8. The first-order chi connectivity index (χ1) is 22.8. The molecule has 0 aromatic heterocycles. The molecule has 1 saturated heterocycles. The zero-order chi connectivity index (χ0) is 34.9. The van der Waals surface area contributed by atoms with Crippen LogP contribution in [0.15, 0.2) is 18.2 Å². The van der Waals surface area contributed by atoms with Crippen molar-refractivity contribution >= 4 is 23.3 Å². The number of fused-ring (bicyclic) bond motifs is 3. The van der Waals surface area contributed by atoms with E-state index in [9.17, 15) is 39.6 Å². The number of carbonyl (C=O) groups is 4. The predicted molar refractivity (Wildman–Crippen MR) is 169 cm³/mol. The van der Waals surface area contributed by atoms with Crippen LogP contribution in [0.4, 0.5) is 0 Å². The summed E-state index contributed by atoms with van der Waals surface area (Å²) in [6, 6.07) is 3.63. The molecular formula is C35H43NO12. The molecule has 0 bridgehead atoms. The van der Waals surface area contributed by atoms with Crippen molar-refractivity contribution in [1.82, 2.24) is 0 Å². The van der Waals surface area contributed by atoms with Gasteiger partial charge in [0.15, 0.2) is 18.7 Å². The summed E-state index contributed by atoms with van der Waals surface area (Å²) in [6.45, 7) is 2.90. The minimum Gasteiger partial charge on any atom is -0.507 e. The number of phenolic OH excluding ortho intramolecular Hbond substituents is 2. The van der Waals surface area contributed by atoms with Gasteiger partial charge in [-0.15, -0.1) is 0 Å². The van der Waals surface area contributed by atoms with E-state index >= 15 is 0 Å². The number of phenols is 2. The van der Waals surface area contributed by atoms with Gasteiger partial charge in [-0.2, -0.15) is 0 Å². The number of benzene rings is 2. The predicted octanol–water partition coefficient (Wildman–Crippen LogP) is 2.91. The van der Waals surface area contributed by atoms with Crippen LogP contribution in [-0.2, 0) is 30.2 Å². The Labute approximate surface area is 277 Å². The van der Waals surface area contributed by atoms with E-state index in [1.807, 2.05) is 0 Å². The standard InChI is InChI=1S/C35H43NO12/c1-4-5-6-7-8-12-24(38)46-16-23(37)35(44)14-19-27(22(15-35)48-25-13-20(36)30(39)17(2)47-25)34(43)29-28(32(19)41)31(40)18-10-9-11-21(45-3)26(18)33(29)42/h9-11,17,20,22,25,30,39,41,43-44H,4-8,12-16,36H2,1-3H3/t17-,20-,22+,25+,30+,35-/m0/s1. The quantitative estimate of drug-likeness (QED) is 0.107. The van der Waals surface area contributed by atoms with Crippen LogP contribution < -0.4 is 10.5 Å². The monoisotopic (exact) mass is 669 g/mol. The number of nitrogens with two attached hydrogens (primary N) is 1. The molecule has 1 aliphatic heterocycles. The number of esters is 1. The van der Waals surface area contributed by atoms with Crippen LogP contribution in [0, 0.1) is 0 Å². The number of Topliss-reactive ketones (excluding diaryl/α,β-unsaturated/α-hetero) is 1. The molecule has 1 heterocycles. The minimum atomic E-state index is -2.29. The number of hydrogen-bond donors (Lipinski definition) is 5. The first-order valence-electron chi connectivity index (χ1n) is 16.4. The van der Waals surface area contributed by atoms with Crippen molar-refractivity contribution in [3.63, 3.8) is 0 Å². The number of hydrogen-bond acceptors (Lipinski definition) is 13. The lowest BCUT2D eigenvalue weighted by Gasteiger charge is -2.42. The fourth-order valence-electron chi connectivity index (χ4n) is 6.83. The summed E-state index contributed by atoms with van der Waals surface area (Å²) >= 11 is 0. The molecule has 13 nitrogen and oxygen atoms in total. The third-order valence-electron chi connectivity index (χ3n) is 9.51. The highest BCUT2D eigenvalue weighted by Gasteiger charge is 2.50. The molecule has 2 aliphatic carbocycles. The Bertz CT molecular complexity index is 1590. The van der Waals surface area contributed by atoms with Crippen molar-refractivity contribution in [3.05, 3.63) is 51.6 Å². The first kappa shape index (κ1) is 35.4. The van der Waals surface area contributed by atoms with Gasteiger partial charge in [0.2, 0.25) is 11.6 Å². The summed E-state index contributed by atoms with van der Waals surface area (Å²) < 4.78 is 22.5. The van der Waals surface area contributed by atoms with Crippen LogP contribution in [0.2, 0.25) is 0 Å². The van der Waals surface area contributed by atoms with Crippen LogP contribution >= 0.6 is 0 Å². The number of carbonyl (C=O) groups excluding carboxylic acids is 4. The highest BCUT2D eigenvalue weighted by molar-refractivity contribution is 6.31. The Morgan fingerprint density at radius 3 is 2.44 bits per heavy atom. The third kappa shape index (κ3) is 6.57. The van der Waals surface area contributed by atoms with Gasteiger partial charge < -0.3 is 45.1 Å². The summed E-state index contributed by atoms with van der Waals surface area (Å²) in [5.74, 6) is -4.33. The van der Waals surface area contributed by atoms with E-state index in [1.165, 1.54) is 25.3 Å². The van der Waals surface area contributed by atoms with Crippen LogP contribution in [0.3, 0.4) is 0 Å². The molecule has 2 aromatic rings. The lowest BCUT2D eigenvalue weighted by molar-refractivity contribution is -0.247. The van der Waals surface area contributed by atoms with Gasteiger partial charge >= 0.3 is 5.97 Å². The molecule has 0 amide bonds. The van der Waals surface area contributed by atoms with Gasteiger partial charge in [-0.3, -0.25) is 19.2 Å². The van der Waals surface area contributed by atoms with Crippen molar-refractivity contribution in [2.45, 2.75) is 108 Å². The van der Waals surface area contributed by atoms with E-state index in [0.717, 1.165) is 25.7 Å². The Kier molecular flexibility index (Phi) is 10.6. The number of aromatic hydroxyl groups is 2. The summed E-state index contributed by atoms with van der Waals surface area (Å²) in [5, 5.41) is 45.4. The van der Waals surface area contributed by atoms with Gasteiger partial charge in [0, 0.05) is 48.4 Å². The maximum absolute atomic E-state index is 13.9. The third-order valence-corrected chi connectivity index (χ3v) is 9.51. The number of ketones is 3. The fourth-order valence-corrected chi connectivity index (χ4v) is 6.83. The second-order valence-electron chi connectivity index (χ2n) is 12.8. The van der Waals surface area contributed by atoms with Gasteiger partial charge in [0.1, 0.15) is 22.8 Å². The zero-order valence-corrected chi connectivity index (χ0v) is 27.3. The first-order valence-corrected chi connectivity index (χ1v) is 16.4. The molecule has 0 spiro atoms. The maximum Gasteiger partial charge on any atom is 0.306 e. The summed E-state index contributed by atoms with van der Waals surface area (Å²) in [6.07, 6.45) is -0.679. The highest BCUT2D eigenvalue weighted by atomic mass is 16.7. The summed E-state index contributed by atoms with van der Waals surface area (Å²) in [5.41, 5.74) is 2.37. The number of aliphatic hydroxyl groups is 2. The zero-order valence-electron chi connectivity index (χ0n) is 27.3. The smallest absolute Gasteiger partial charge is 0.306 e.